The third kappa shape index (κ3) is 4.80. The molecule has 1 N–H and O–H groups in total. The van der Waals surface area contributed by atoms with Crippen LogP contribution in [0.1, 0.15) is 45.6 Å². The average molecular weight is 277 g/mol. The zero-order valence-corrected chi connectivity index (χ0v) is 12.9. The van der Waals surface area contributed by atoms with Gasteiger partial charge in [0, 0.05) is 6.54 Å². The first-order valence-electron chi connectivity index (χ1n) is 7.69. The Morgan fingerprint density at radius 3 is 2.65 bits per heavy atom. The Morgan fingerprint density at radius 2 is 2.05 bits per heavy atom. The lowest BCUT2D eigenvalue weighted by molar-refractivity contribution is -0.0326. The predicted octanol–water partition coefficient (Wildman–Crippen LogP) is 3.52. The van der Waals surface area contributed by atoms with Crippen LogP contribution in [-0.2, 0) is 11.3 Å². The molecule has 0 spiro atoms. The molecule has 1 aromatic carbocycles. The van der Waals surface area contributed by atoms with Gasteiger partial charge >= 0.3 is 0 Å². The van der Waals surface area contributed by atoms with Crippen LogP contribution in [0, 0.1) is 0 Å². The molecule has 1 fully saturated rings. The lowest BCUT2D eigenvalue weighted by Gasteiger charge is -2.19. The molecule has 0 aliphatic carbocycles. The highest BCUT2D eigenvalue weighted by Gasteiger charge is 2.31. The first-order chi connectivity index (χ1) is 9.59. The van der Waals surface area contributed by atoms with E-state index in [4.69, 9.17) is 9.47 Å². The van der Waals surface area contributed by atoms with Crippen LogP contribution in [0.3, 0.4) is 0 Å². The van der Waals surface area contributed by atoms with Crippen molar-refractivity contribution < 1.29 is 9.47 Å². The van der Waals surface area contributed by atoms with Crippen molar-refractivity contribution in [3.05, 3.63) is 29.8 Å². The van der Waals surface area contributed by atoms with Gasteiger partial charge in [0.05, 0.1) is 11.7 Å². The molecule has 0 radical (unpaired) electrons. The van der Waals surface area contributed by atoms with Crippen LogP contribution in [-0.4, -0.2) is 24.9 Å². The highest BCUT2D eigenvalue weighted by molar-refractivity contribution is 5.27. The summed E-state index contributed by atoms with van der Waals surface area (Å²) in [4.78, 5) is 0. The molecule has 1 aromatic rings. The van der Waals surface area contributed by atoms with Crippen molar-refractivity contribution in [1.82, 2.24) is 5.32 Å². The molecule has 0 amide bonds. The van der Waals surface area contributed by atoms with Gasteiger partial charge in [0.1, 0.15) is 12.4 Å². The summed E-state index contributed by atoms with van der Waals surface area (Å²) in [5, 5.41) is 3.40. The van der Waals surface area contributed by atoms with Crippen molar-refractivity contribution in [2.75, 3.05) is 13.2 Å². The van der Waals surface area contributed by atoms with Gasteiger partial charge in [-0.1, -0.05) is 19.1 Å². The maximum Gasteiger partial charge on any atom is 0.119 e. The van der Waals surface area contributed by atoms with Crippen molar-refractivity contribution in [3.63, 3.8) is 0 Å². The van der Waals surface area contributed by atoms with Crippen LogP contribution < -0.4 is 10.1 Å². The summed E-state index contributed by atoms with van der Waals surface area (Å²) in [5.41, 5.74) is 1.31. The topological polar surface area (TPSA) is 30.5 Å². The highest BCUT2D eigenvalue weighted by atomic mass is 16.6. The molecule has 0 bridgehead atoms. The van der Waals surface area contributed by atoms with Gasteiger partial charge in [0.25, 0.3) is 0 Å². The summed E-state index contributed by atoms with van der Waals surface area (Å²) >= 11 is 0. The van der Waals surface area contributed by atoms with Gasteiger partial charge < -0.3 is 14.8 Å². The van der Waals surface area contributed by atoms with Gasteiger partial charge in [-0.3, -0.25) is 0 Å². The first-order valence-corrected chi connectivity index (χ1v) is 7.69. The number of benzene rings is 1. The summed E-state index contributed by atoms with van der Waals surface area (Å²) in [7, 11) is 0. The van der Waals surface area contributed by atoms with Gasteiger partial charge in [-0.2, -0.15) is 0 Å². The quantitative estimate of drug-likeness (QED) is 0.774. The molecule has 0 aromatic heterocycles. The number of hydrogen-bond donors (Lipinski definition) is 1. The van der Waals surface area contributed by atoms with E-state index in [0.29, 0.717) is 6.61 Å². The number of rotatable bonds is 7. The predicted molar refractivity (Wildman–Crippen MR) is 82.1 cm³/mol. The molecule has 3 nitrogen and oxygen atoms in total. The van der Waals surface area contributed by atoms with E-state index >= 15 is 0 Å². The molecule has 112 valence electrons. The lowest BCUT2D eigenvalue weighted by atomic mass is 10.1. The van der Waals surface area contributed by atoms with E-state index in [9.17, 15) is 0 Å². The van der Waals surface area contributed by atoms with E-state index in [-0.39, 0.29) is 11.7 Å². The Labute approximate surface area is 122 Å². The lowest BCUT2D eigenvalue weighted by Crippen LogP contribution is -2.23. The van der Waals surface area contributed by atoms with Crippen LogP contribution in [0.25, 0.3) is 0 Å². The molecule has 1 saturated heterocycles. The van der Waals surface area contributed by atoms with Gasteiger partial charge in [0.2, 0.25) is 0 Å². The van der Waals surface area contributed by atoms with Crippen LogP contribution in [0.2, 0.25) is 0 Å². The summed E-state index contributed by atoms with van der Waals surface area (Å²) < 4.78 is 11.7. The zero-order valence-electron chi connectivity index (χ0n) is 12.9. The minimum absolute atomic E-state index is 0.0167. The van der Waals surface area contributed by atoms with Crippen molar-refractivity contribution >= 4 is 0 Å². The van der Waals surface area contributed by atoms with E-state index in [2.05, 4.69) is 38.2 Å². The maximum atomic E-state index is 5.92. The number of hydrogen-bond acceptors (Lipinski definition) is 3. The van der Waals surface area contributed by atoms with E-state index in [0.717, 1.165) is 31.7 Å². The van der Waals surface area contributed by atoms with Gasteiger partial charge in [-0.15, -0.1) is 0 Å². The second-order valence-corrected chi connectivity index (χ2v) is 6.17. The summed E-state index contributed by atoms with van der Waals surface area (Å²) in [6, 6.07) is 8.33. The minimum atomic E-state index is 0.0167. The molecule has 20 heavy (non-hydrogen) atoms. The Morgan fingerprint density at radius 1 is 1.30 bits per heavy atom. The van der Waals surface area contributed by atoms with Gasteiger partial charge in [0.15, 0.2) is 0 Å². The molecule has 1 unspecified atom stereocenters. The van der Waals surface area contributed by atoms with E-state index in [1.54, 1.807) is 0 Å². The molecule has 1 atom stereocenters. The van der Waals surface area contributed by atoms with Gasteiger partial charge in [-0.05, 0) is 57.4 Å². The molecule has 2 rings (SSSR count). The Bertz CT molecular complexity index is 400. The van der Waals surface area contributed by atoms with Crippen LogP contribution in [0.5, 0.6) is 5.75 Å². The summed E-state index contributed by atoms with van der Waals surface area (Å²) in [5.74, 6) is 0.928. The zero-order chi connectivity index (χ0) is 14.4. The Balaban J connectivity index is 1.74. The fraction of sp³-hybridized carbons (Fsp3) is 0.647. The molecule has 1 aliphatic heterocycles. The normalized spacial score (nSPS) is 21.1. The molecule has 1 aliphatic rings. The average Bonchev–Trinajstić information content (AvgIpc) is 2.78. The molecular formula is C17H27NO2. The van der Waals surface area contributed by atoms with Crippen LogP contribution >= 0.6 is 0 Å². The van der Waals surface area contributed by atoms with E-state index in [1.165, 1.54) is 12.0 Å². The van der Waals surface area contributed by atoms with E-state index < -0.39 is 0 Å². The fourth-order valence-corrected chi connectivity index (χ4v) is 2.50. The summed E-state index contributed by atoms with van der Waals surface area (Å²) in [6.07, 6.45) is 3.60. The second-order valence-electron chi connectivity index (χ2n) is 6.17. The summed E-state index contributed by atoms with van der Waals surface area (Å²) in [6.45, 7) is 9.10. The van der Waals surface area contributed by atoms with Crippen molar-refractivity contribution in [3.8, 4) is 5.75 Å². The largest absolute Gasteiger partial charge is 0.491 e. The monoisotopic (exact) mass is 277 g/mol. The van der Waals surface area contributed by atoms with Crippen molar-refractivity contribution in [2.45, 2.75) is 58.3 Å². The number of nitrogens with one attached hydrogen (secondary N) is 1. The molecule has 3 heteroatoms. The SMILES string of the molecule is CCCNCc1ccc(OCC2CCC(C)(C)O2)cc1. The first kappa shape index (κ1) is 15.3. The third-order valence-corrected chi connectivity index (χ3v) is 3.67. The van der Waals surface area contributed by atoms with Crippen molar-refractivity contribution in [2.24, 2.45) is 0 Å². The molecular weight excluding hydrogens is 250 g/mol. The van der Waals surface area contributed by atoms with Crippen LogP contribution in [0.15, 0.2) is 24.3 Å². The smallest absolute Gasteiger partial charge is 0.119 e. The molecule has 1 heterocycles. The minimum Gasteiger partial charge on any atom is -0.491 e. The Hall–Kier alpha value is -1.06. The highest BCUT2D eigenvalue weighted by Crippen LogP contribution is 2.29. The molecule has 0 saturated carbocycles. The van der Waals surface area contributed by atoms with Crippen molar-refractivity contribution in [1.29, 1.82) is 0 Å². The van der Waals surface area contributed by atoms with E-state index in [1.807, 2.05) is 12.1 Å². The second kappa shape index (κ2) is 7.09. The van der Waals surface area contributed by atoms with Crippen LogP contribution in [0.4, 0.5) is 0 Å². The standard InChI is InChI=1S/C17H27NO2/c1-4-11-18-12-14-5-7-15(8-6-14)19-13-16-9-10-17(2,3)20-16/h5-8,16,18H,4,9-13H2,1-3H3. The number of ether oxygens (including phenoxy) is 2. The third-order valence-electron chi connectivity index (χ3n) is 3.67. The maximum absolute atomic E-state index is 5.92. The fourth-order valence-electron chi connectivity index (χ4n) is 2.50. The Kier molecular flexibility index (Phi) is 5.44. The van der Waals surface area contributed by atoms with Gasteiger partial charge in [-0.25, -0.2) is 0 Å².